The van der Waals surface area contributed by atoms with Gasteiger partial charge < -0.3 is 5.32 Å². The van der Waals surface area contributed by atoms with E-state index < -0.39 is 17.5 Å². The largest absolute Gasteiger partial charge is 0.322 e. The lowest BCUT2D eigenvalue weighted by Crippen LogP contribution is -2.13. The zero-order chi connectivity index (χ0) is 13.1. The van der Waals surface area contributed by atoms with E-state index >= 15 is 0 Å². The SMILES string of the molecule is Cc1c(F)cccc1NC(=O)c1cccc(F)c1. The van der Waals surface area contributed by atoms with Crippen LogP contribution in [0.15, 0.2) is 42.5 Å². The number of hydrogen-bond donors (Lipinski definition) is 1. The van der Waals surface area contributed by atoms with Crippen molar-refractivity contribution in [2.75, 3.05) is 5.32 Å². The molecule has 2 aromatic rings. The van der Waals surface area contributed by atoms with Crippen molar-refractivity contribution in [3.05, 3.63) is 65.2 Å². The highest BCUT2D eigenvalue weighted by atomic mass is 19.1. The number of benzene rings is 2. The summed E-state index contributed by atoms with van der Waals surface area (Å²) in [5, 5.41) is 2.55. The maximum Gasteiger partial charge on any atom is 0.255 e. The Morgan fingerprint density at radius 1 is 1.11 bits per heavy atom. The second-order valence-corrected chi connectivity index (χ2v) is 3.88. The smallest absolute Gasteiger partial charge is 0.255 e. The molecule has 0 aliphatic rings. The molecule has 0 aromatic heterocycles. The Kier molecular flexibility index (Phi) is 3.37. The van der Waals surface area contributed by atoms with Gasteiger partial charge in [-0.1, -0.05) is 12.1 Å². The summed E-state index contributed by atoms with van der Waals surface area (Å²) in [6.07, 6.45) is 0. The van der Waals surface area contributed by atoms with Gasteiger partial charge in [-0.05, 0) is 37.3 Å². The van der Waals surface area contributed by atoms with E-state index in [9.17, 15) is 13.6 Å². The van der Waals surface area contributed by atoms with Gasteiger partial charge in [-0.3, -0.25) is 4.79 Å². The van der Waals surface area contributed by atoms with E-state index in [0.717, 1.165) is 6.07 Å². The van der Waals surface area contributed by atoms with Crippen molar-refractivity contribution in [2.45, 2.75) is 6.92 Å². The summed E-state index contributed by atoms with van der Waals surface area (Å²) in [4.78, 5) is 11.8. The minimum absolute atomic E-state index is 0.193. The van der Waals surface area contributed by atoms with Crippen LogP contribution >= 0.6 is 0 Å². The molecule has 18 heavy (non-hydrogen) atoms. The lowest BCUT2D eigenvalue weighted by molar-refractivity contribution is 0.102. The van der Waals surface area contributed by atoms with E-state index in [1.54, 1.807) is 13.0 Å². The summed E-state index contributed by atoms with van der Waals surface area (Å²) < 4.78 is 26.3. The predicted octanol–water partition coefficient (Wildman–Crippen LogP) is 3.53. The number of nitrogens with one attached hydrogen (secondary N) is 1. The molecule has 0 aliphatic carbocycles. The third-order valence-corrected chi connectivity index (χ3v) is 2.60. The van der Waals surface area contributed by atoms with Crippen LogP contribution in [0.5, 0.6) is 0 Å². The van der Waals surface area contributed by atoms with Crippen molar-refractivity contribution in [3.8, 4) is 0 Å². The Bertz CT molecular complexity index is 596. The lowest BCUT2D eigenvalue weighted by Gasteiger charge is -2.08. The van der Waals surface area contributed by atoms with Crippen LogP contribution in [0.4, 0.5) is 14.5 Å². The standard InChI is InChI=1S/C14H11F2NO/c1-9-12(16)6-3-7-13(9)17-14(18)10-4-2-5-11(15)8-10/h2-8H,1H3,(H,17,18). The molecule has 1 amide bonds. The van der Waals surface area contributed by atoms with Gasteiger partial charge in [0.15, 0.2) is 0 Å². The predicted molar refractivity (Wildman–Crippen MR) is 65.5 cm³/mol. The van der Waals surface area contributed by atoms with E-state index in [4.69, 9.17) is 0 Å². The van der Waals surface area contributed by atoms with Gasteiger partial charge in [0.2, 0.25) is 0 Å². The number of rotatable bonds is 2. The number of hydrogen-bond acceptors (Lipinski definition) is 1. The van der Waals surface area contributed by atoms with E-state index in [0.29, 0.717) is 11.3 Å². The number of carbonyl (C=O) groups is 1. The van der Waals surface area contributed by atoms with Gasteiger partial charge >= 0.3 is 0 Å². The van der Waals surface area contributed by atoms with Crippen LogP contribution in [0.1, 0.15) is 15.9 Å². The van der Waals surface area contributed by atoms with Gasteiger partial charge in [-0.15, -0.1) is 0 Å². The van der Waals surface area contributed by atoms with Crippen molar-refractivity contribution in [1.82, 2.24) is 0 Å². The van der Waals surface area contributed by atoms with Gasteiger partial charge in [-0.25, -0.2) is 8.78 Å². The van der Waals surface area contributed by atoms with Gasteiger partial charge in [-0.2, -0.15) is 0 Å². The van der Waals surface area contributed by atoms with Crippen LogP contribution in [0, 0.1) is 18.6 Å². The Morgan fingerprint density at radius 3 is 2.56 bits per heavy atom. The van der Waals surface area contributed by atoms with Gasteiger partial charge in [0.05, 0.1) is 0 Å². The molecule has 0 radical (unpaired) electrons. The van der Waals surface area contributed by atoms with Crippen LogP contribution in [-0.2, 0) is 0 Å². The monoisotopic (exact) mass is 247 g/mol. The number of halogens is 2. The highest BCUT2D eigenvalue weighted by molar-refractivity contribution is 6.04. The molecule has 0 bridgehead atoms. The Hall–Kier alpha value is -2.23. The molecule has 0 unspecified atom stereocenters. The molecule has 0 fully saturated rings. The summed E-state index contributed by atoms with van der Waals surface area (Å²) in [7, 11) is 0. The van der Waals surface area contributed by atoms with Gasteiger partial charge in [0, 0.05) is 16.8 Å². The summed E-state index contributed by atoms with van der Waals surface area (Å²) >= 11 is 0. The second-order valence-electron chi connectivity index (χ2n) is 3.88. The van der Waals surface area contributed by atoms with Crippen molar-refractivity contribution >= 4 is 11.6 Å². The molecule has 2 aromatic carbocycles. The third kappa shape index (κ3) is 2.53. The molecule has 0 aliphatic heterocycles. The van der Waals surface area contributed by atoms with Crippen molar-refractivity contribution in [3.63, 3.8) is 0 Å². The summed E-state index contributed by atoms with van der Waals surface area (Å²) in [5.74, 6) is -1.35. The minimum Gasteiger partial charge on any atom is -0.322 e. The van der Waals surface area contributed by atoms with Crippen LogP contribution < -0.4 is 5.32 Å². The molecule has 0 spiro atoms. The summed E-state index contributed by atoms with van der Waals surface area (Å²) in [6, 6.07) is 9.73. The average Bonchev–Trinajstić information content (AvgIpc) is 2.35. The summed E-state index contributed by atoms with van der Waals surface area (Å²) in [5.41, 5.74) is 0.921. The van der Waals surface area contributed by atoms with Gasteiger partial charge in [0.25, 0.3) is 5.91 Å². The number of anilines is 1. The maximum atomic E-state index is 13.3. The van der Waals surface area contributed by atoms with E-state index in [1.165, 1.54) is 30.3 Å². The molecule has 0 saturated heterocycles. The van der Waals surface area contributed by atoms with Crippen LogP contribution in [0.25, 0.3) is 0 Å². The van der Waals surface area contributed by atoms with E-state index in [-0.39, 0.29) is 5.56 Å². The molecule has 2 rings (SSSR count). The fraction of sp³-hybridized carbons (Fsp3) is 0.0714. The molecule has 0 saturated carbocycles. The van der Waals surface area contributed by atoms with Crippen LogP contribution in [0.2, 0.25) is 0 Å². The molecule has 4 heteroatoms. The van der Waals surface area contributed by atoms with Crippen molar-refractivity contribution in [2.24, 2.45) is 0 Å². The van der Waals surface area contributed by atoms with Crippen LogP contribution in [0.3, 0.4) is 0 Å². The highest BCUT2D eigenvalue weighted by Gasteiger charge is 2.09. The zero-order valence-corrected chi connectivity index (χ0v) is 9.71. The second kappa shape index (κ2) is 4.96. The Morgan fingerprint density at radius 2 is 1.83 bits per heavy atom. The molecule has 92 valence electrons. The fourth-order valence-electron chi connectivity index (χ4n) is 1.57. The fourth-order valence-corrected chi connectivity index (χ4v) is 1.57. The molecular weight excluding hydrogens is 236 g/mol. The average molecular weight is 247 g/mol. The Labute approximate surface area is 103 Å². The van der Waals surface area contributed by atoms with Gasteiger partial charge in [0.1, 0.15) is 11.6 Å². The van der Waals surface area contributed by atoms with Crippen molar-refractivity contribution < 1.29 is 13.6 Å². The molecule has 1 N–H and O–H groups in total. The quantitative estimate of drug-likeness (QED) is 0.864. The first kappa shape index (κ1) is 12.2. The first-order valence-electron chi connectivity index (χ1n) is 5.40. The molecule has 0 heterocycles. The topological polar surface area (TPSA) is 29.1 Å². The van der Waals surface area contributed by atoms with E-state index in [2.05, 4.69) is 5.32 Å². The summed E-state index contributed by atoms with van der Waals surface area (Å²) in [6.45, 7) is 1.57. The normalized spacial score (nSPS) is 10.2. The zero-order valence-electron chi connectivity index (χ0n) is 9.71. The Balaban J connectivity index is 2.24. The number of amides is 1. The van der Waals surface area contributed by atoms with Crippen molar-refractivity contribution in [1.29, 1.82) is 0 Å². The third-order valence-electron chi connectivity index (χ3n) is 2.60. The van der Waals surface area contributed by atoms with Crippen LogP contribution in [-0.4, -0.2) is 5.91 Å². The first-order chi connectivity index (χ1) is 8.58. The molecular formula is C14H11F2NO. The molecule has 0 atom stereocenters. The molecule has 2 nitrogen and oxygen atoms in total. The first-order valence-corrected chi connectivity index (χ1v) is 5.40. The number of carbonyl (C=O) groups excluding carboxylic acids is 1. The minimum atomic E-state index is -0.487. The maximum absolute atomic E-state index is 13.3. The lowest BCUT2D eigenvalue weighted by atomic mass is 10.1. The van der Waals surface area contributed by atoms with E-state index in [1.807, 2.05) is 0 Å². The highest BCUT2D eigenvalue weighted by Crippen LogP contribution is 2.18.